The van der Waals surface area contributed by atoms with E-state index in [1.165, 1.54) is 24.3 Å². The average Bonchev–Trinajstić information content (AvgIpc) is 2.96. The van der Waals surface area contributed by atoms with Gasteiger partial charge in [0.2, 0.25) is 0 Å². The SMILES string of the molecule is Cc1ccc(C2N(C(=O)c3ccc([N+](=O)[O-])cc3)c3ccccc3C2(C)C)cc1. The maximum absolute atomic E-state index is 13.6. The van der Waals surface area contributed by atoms with Crippen LogP contribution in [0.1, 0.15) is 46.9 Å². The minimum atomic E-state index is -0.461. The zero-order valence-corrected chi connectivity index (χ0v) is 16.6. The Hall–Kier alpha value is -3.47. The molecule has 0 saturated carbocycles. The molecular formula is C24H22N2O3. The molecule has 1 aliphatic rings. The van der Waals surface area contributed by atoms with Crippen molar-refractivity contribution >= 4 is 17.3 Å². The summed E-state index contributed by atoms with van der Waals surface area (Å²) in [5.74, 6) is -0.163. The first kappa shape index (κ1) is 18.9. The first-order valence-corrected chi connectivity index (χ1v) is 9.55. The summed E-state index contributed by atoms with van der Waals surface area (Å²) in [6, 6.07) is 21.9. The predicted octanol–water partition coefficient (Wildman–Crippen LogP) is 5.58. The van der Waals surface area contributed by atoms with Gasteiger partial charge in [-0.05, 0) is 36.2 Å². The third-order valence-corrected chi connectivity index (χ3v) is 5.74. The van der Waals surface area contributed by atoms with Crippen LogP contribution in [0.15, 0.2) is 72.8 Å². The molecule has 0 saturated heterocycles. The van der Waals surface area contributed by atoms with Crippen molar-refractivity contribution in [2.75, 3.05) is 4.90 Å². The van der Waals surface area contributed by atoms with Gasteiger partial charge in [-0.2, -0.15) is 0 Å². The normalized spacial score (nSPS) is 17.1. The molecule has 0 radical (unpaired) electrons. The zero-order chi connectivity index (χ0) is 20.8. The van der Waals surface area contributed by atoms with Crippen LogP contribution in [0.3, 0.4) is 0 Å². The molecule has 1 heterocycles. The molecule has 3 aromatic rings. The number of nitro groups is 1. The molecule has 4 rings (SSSR count). The summed E-state index contributed by atoms with van der Waals surface area (Å²) in [4.78, 5) is 25.9. The number of anilines is 1. The van der Waals surface area contributed by atoms with Crippen LogP contribution in [-0.4, -0.2) is 10.8 Å². The number of benzene rings is 3. The van der Waals surface area contributed by atoms with Crippen molar-refractivity contribution in [3.63, 3.8) is 0 Å². The molecule has 0 fully saturated rings. The molecule has 29 heavy (non-hydrogen) atoms. The highest BCUT2D eigenvalue weighted by Gasteiger charge is 2.47. The highest BCUT2D eigenvalue weighted by Crippen LogP contribution is 2.53. The highest BCUT2D eigenvalue weighted by atomic mass is 16.6. The number of fused-ring (bicyclic) bond motifs is 1. The van der Waals surface area contributed by atoms with Gasteiger partial charge in [0.1, 0.15) is 0 Å². The largest absolute Gasteiger partial charge is 0.300 e. The second-order valence-electron chi connectivity index (χ2n) is 8.03. The van der Waals surface area contributed by atoms with E-state index in [2.05, 4.69) is 44.2 Å². The number of rotatable bonds is 3. The molecule has 5 heteroatoms. The van der Waals surface area contributed by atoms with E-state index in [-0.39, 0.29) is 23.1 Å². The Balaban J connectivity index is 1.84. The van der Waals surface area contributed by atoms with Crippen molar-refractivity contribution in [3.8, 4) is 0 Å². The molecule has 1 atom stereocenters. The van der Waals surface area contributed by atoms with Crippen molar-refractivity contribution in [2.45, 2.75) is 32.2 Å². The van der Waals surface area contributed by atoms with Crippen molar-refractivity contribution in [2.24, 2.45) is 0 Å². The highest BCUT2D eigenvalue weighted by molar-refractivity contribution is 6.08. The van der Waals surface area contributed by atoms with E-state index in [9.17, 15) is 14.9 Å². The van der Waals surface area contributed by atoms with Gasteiger partial charge in [-0.3, -0.25) is 19.8 Å². The van der Waals surface area contributed by atoms with Crippen molar-refractivity contribution in [1.29, 1.82) is 0 Å². The summed E-state index contributed by atoms with van der Waals surface area (Å²) in [6.45, 7) is 6.34. The van der Waals surface area contributed by atoms with Crippen LogP contribution < -0.4 is 4.90 Å². The molecule has 5 nitrogen and oxygen atoms in total. The van der Waals surface area contributed by atoms with Crippen LogP contribution >= 0.6 is 0 Å². The maximum atomic E-state index is 13.6. The lowest BCUT2D eigenvalue weighted by atomic mass is 9.77. The summed E-state index contributed by atoms with van der Waals surface area (Å²) in [7, 11) is 0. The third kappa shape index (κ3) is 3.09. The fourth-order valence-corrected chi connectivity index (χ4v) is 4.24. The van der Waals surface area contributed by atoms with E-state index >= 15 is 0 Å². The number of nitrogens with zero attached hydrogens (tertiary/aromatic N) is 2. The second-order valence-corrected chi connectivity index (χ2v) is 8.03. The Morgan fingerprint density at radius 1 is 0.966 bits per heavy atom. The molecule has 0 aromatic heterocycles. The van der Waals surface area contributed by atoms with Crippen molar-refractivity contribution < 1.29 is 9.72 Å². The molecule has 1 amide bonds. The minimum Gasteiger partial charge on any atom is -0.300 e. The number of hydrogen-bond donors (Lipinski definition) is 0. The Bertz CT molecular complexity index is 1090. The Morgan fingerprint density at radius 2 is 1.59 bits per heavy atom. The number of nitro benzene ring substituents is 1. The topological polar surface area (TPSA) is 63.5 Å². The van der Waals surface area contributed by atoms with Crippen molar-refractivity contribution in [1.82, 2.24) is 0 Å². The Kier molecular flexibility index (Phi) is 4.46. The first-order valence-electron chi connectivity index (χ1n) is 9.55. The number of hydrogen-bond acceptors (Lipinski definition) is 3. The van der Waals surface area contributed by atoms with Gasteiger partial charge < -0.3 is 0 Å². The van der Waals surface area contributed by atoms with Gasteiger partial charge in [0.25, 0.3) is 11.6 Å². The maximum Gasteiger partial charge on any atom is 0.269 e. The molecule has 0 spiro atoms. The van der Waals surface area contributed by atoms with Gasteiger partial charge in [0, 0.05) is 28.8 Å². The van der Waals surface area contributed by atoms with Gasteiger partial charge >= 0.3 is 0 Å². The van der Waals surface area contributed by atoms with E-state index in [1.807, 2.05) is 30.0 Å². The lowest BCUT2D eigenvalue weighted by molar-refractivity contribution is -0.384. The quantitative estimate of drug-likeness (QED) is 0.436. The minimum absolute atomic E-state index is 0.0289. The van der Waals surface area contributed by atoms with Crippen molar-refractivity contribution in [3.05, 3.63) is 105 Å². The number of para-hydroxylation sites is 1. The van der Waals surface area contributed by atoms with Crippen LogP contribution in [0.5, 0.6) is 0 Å². The van der Waals surface area contributed by atoms with E-state index in [1.54, 1.807) is 0 Å². The Labute approximate surface area is 169 Å². The molecule has 0 bridgehead atoms. The number of non-ortho nitro benzene ring substituents is 1. The molecule has 0 aliphatic carbocycles. The standard InChI is InChI=1S/C24H22N2O3/c1-16-8-10-17(11-9-16)22-24(2,3)20-6-4-5-7-21(20)25(22)23(27)18-12-14-19(15-13-18)26(28)29/h4-15,22H,1-3H3. The molecule has 3 aromatic carbocycles. The fraction of sp³-hybridized carbons (Fsp3) is 0.208. The summed E-state index contributed by atoms with van der Waals surface area (Å²) in [5.41, 5.74) is 4.33. The summed E-state index contributed by atoms with van der Waals surface area (Å²) < 4.78 is 0. The second kappa shape index (κ2) is 6.85. The summed E-state index contributed by atoms with van der Waals surface area (Å²) in [5, 5.41) is 11.0. The smallest absolute Gasteiger partial charge is 0.269 e. The average molecular weight is 386 g/mol. The van der Waals surface area contributed by atoms with Gasteiger partial charge in [0.05, 0.1) is 11.0 Å². The lowest BCUT2D eigenvalue weighted by Gasteiger charge is -2.34. The third-order valence-electron chi connectivity index (χ3n) is 5.74. The molecule has 1 unspecified atom stereocenters. The van der Waals surface area contributed by atoms with E-state index in [0.717, 1.165) is 22.4 Å². The van der Waals surface area contributed by atoms with E-state index in [4.69, 9.17) is 0 Å². The summed E-state index contributed by atoms with van der Waals surface area (Å²) >= 11 is 0. The van der Waals surface area contributed by atoms with Crippen LogP contribution in [0.4, 0.5) is 11.4 Å². The van der Waals surface area contributed by atoms with Gasteiger partial charge in [0.15, 0.2) is 0 Å². The molecule has 146 valence electrons. The number of carbonyl (C=O) groups excluding carboxylic acids is 1. The fourth-order valence-electron chi connectivity index (χ4n) is 4.24. The van der Waals surface area contributed by atoms with E-state index < -0.39 is 4.92 Å². The van der Waals surface area contributed by atoms with Crippen LogP contribution in [0, 0.1) is 17.0 Å². The van der Waals surface area contributed by atoms with Gasteiger partial charge in [-0.15, -0.1) is 0 Å². The number of aryl methyl sites for hydroxylation is 1. The predicted molar refractivity (Wildman–Crippen MR) is 113 cm³/mol. The van der Waals surface area contributed by atoms with Gasteiger partial charge in [-0.25, -0.2) is 0 Å². The number of carbonyl (C=O) groups is 1. The molecule has 1 aliphatic heterocycles. The van der Waals surface area contributed by atoms with E-state index in [0.29, 0.717) is 5.56 Å². The van der Waals surface area contributed by atoms with Crippen LogP contribution in [0.2, 0.25) is 0 Å². The Morgan fingerprint density at radius 3 is 2.21 bits per heavy atom. The van der Waals surface area contributed by atoms with Crippen LogP contribution in [-0.2, 0) is 5.41 Å². The molecule has 0 N–H and O–H groups in total. The van der Waals surface area contributed by atoms with Gasteiger partial charge in [-0.1, -0.05) is 61.9 Å². The zero-order valence-electron chi connectivity index (χ0n) is 16.6. The molecular weight excluding hydrogens is 364 g/mol. The number of amides is 1. The lowest BCUT2D eigenvalue weighted by Crippen LogP contribution is -2.38. The summed E-state index contributed by atoms with van der Waals surface area (Å²) in [6.07, 6.45) is 0. The monoisotopic (exact) mass is 386 g/mol. The first-order chi connectivity index (χ1) is 13.8. The van der Waals surface area contributed by atoms with Crippen LogP contribution in [0.25, 0.3) is 0 Å².